The van der Waals surface area contributed by atoms with Crippen LogP contribution >= 0.6 is 0 Å². The molecule has 0 amide bonds. The van der Waals surface area contributed by atoms with Gasteiger partial charge in [-0.3, -0.25) is 0 Å². The summed E-state index contributed by atoms with van der Waals surface area (Å²) in [5, 5.41) is 6.95. The largest absolute Gasteiger partial charge is 0.380 e. The second kappa shape index (κ2) is 4.40. The van der Waals surface area contributed by atoms with E-state index in [2.05, 4.69) is 31.4 Å². The molecule has 1 saturated heterocycles. The first-order chi connectivity index (χ1) is 6.01. The molecule has 2 N–H and O–H groups in total. The topological polar surface area (TPSA) is 33.3 Å². The van der Waals surface area contributed by atoms with Gasteiger partial charge in [0.2, 0.25) is 0 Å². The Hall–Kier alpha value is -0.120. The monoisotopic (exact) mass is 186 g/mol. The Bertz CT molecular complexity index is 153. The van der Waals surface area contributed by atoms with E-state index in [9.17, 15) is 0 Å². The maximum absolute atomic E-state index is 5.33. The van der Waals surface area contributed by atoms with Crippen molar-refractivity contribution in [2.45, 2.75) is 44.9 Å². The van der Waals surface area contributed by atoms with Crippen LogP contribution in [0.15, 0.2) is 0 Å². The van der Waals surface area contributed by atoms with Crippen LogP contribution in [0.4, 0.5) is 0 Å². The van der Waals surface area contributed by atoms with E-state index < -0.39 is 0 Å². The van der Waals surface area contributed by atoms with Crippen molar-refractivity contribution < 1.29 is 4.74 Å². The molecule has 13 heavy (non-hydrogen) atoms. The lowest BCUT2D eigenvalue weighted by molar-refractivity contribution is 0.0651. The Kier molecular flexibility index (Phi) is 3.71. The van der Waals surface area contributed by atoms with E-state index in [-0.39, 0.29) is 5.54 Å². The minimum Gasteiger partial charge on any atom is -0.380 e. The van der Waals surface area contributed by atoms with Gasteiger partial charge in [0.15, 0.2) is 0 Å². The normalized spacial score (nSPS) is 30.5. The van der Waals surface area contributed by atoms with Crippen molar-refractivity contribution in [3.8, 4) is 0 Å². The van der Waals surface area contributed by atoms with E-state index in [1.54, 1.807) is 7.11 Å². The van der Waals surface area contributed by atoms with Gasteiger partial charge in [0.1, 0.15) is 0 Å². The highest BCUT2D eigenvalue weighted by Gasteiger charge is 2.24. The molecule has 1 aliphatic heterocycles. The Morgan fingerprint density at radius 3 is 2.54 bits per heavy atom. The number of methoxy groups -OCH3 is 1. The van der Waals surface area contributed by atoms with Crippen molar-refractivity contribution in [3.05, 3.63) is 0 Å². The Balaban J connectivity index is 2.34. The molecular weight excluding hydrogens is 164 g/mol. The summed E-state index contributed by atoms with van der Waals surface area (Å²) in [6.45, 7) is 8.63. The van der Waals surface area contributed by atoms with Crippen LogP contribution in [0.5, 0.6) is 0 Å². The molecule has 0 bridgehead atoms. The van der Waals surface area contributed by atoms with Crippen LogP contribution in [0, 0.1) is 0 Å². The van der Waals surface area contributed by atoms with E-state index in [0.29, 0.717) is 12.1 Å². The molecule has 1 aliphatic rings. The molecule has 0 aromatic carbocycles. The van der Waals surface area contributed by atoms with Crippen molar-refractivity contribution in [1.29, 1.82) is 0 Å². The van der Waals surface area contributed by atoms with Crippen LogP contribution < -0.4 is 10.6 Å². The van der Waals surface area contributed by atoms with Crippen LogP contribution in [-0.4, -0.2) is 37.9 Å². The van der Waals surface area contributed by atoms with Gasteiger partial charge in [-0.05, 0) is 27.2 Å². The summed E-state index contributed by atoms with van der Waals surface area (Å²) in [4.78, 5) is 0. The van der Waals surface area contributed by atoms with Crippen LogP contribution in [0.25, 0.3) is 0 Å². The third-order valence-corrected chi connectivity index (χ3v) is 2.28. The van der Waals surface area contributed by atoms with E-state index in [1.807, 2.05) is 0 Å². The van der Waals surface area contributed by atoms with Crippen LogP contribution in [0.1, 0.15) is 27.2 Å². The van der Waals surface area contributed by atoms with Gasteiger partial charge in [0, 0.05) is 31.8 Å². The molecule has 3 nitrogen and oxygen atoms in total. The zero-order chi connectivity index (χ0) is 9.90. The molecule has 0 unspecified atom stereocenters. The predicted molar refractivity (Wildman–Crippen MR) is 55.0 cm³/mol. The molecule has 1 heterocycles. The highest BCUT2D eigenvalue weighted by atomic mass is 16.5. The second-order valence-electron chi connectivity index (χ2n) is 4.84. The maximum atomic E-state index is 5.33. The Morgan fingerprint density at radius 1 is 1.31 bits per heavy atom. The van der Waals surface area contributed by atoms with Crippen LogP contribution in [0.2, 0.25) is 0 Å². The summed E-state index contributed by atoms with van der Waals surface area (Å²) in [6.07, 6.45) is 1.48. The second-order valence-corrected chi connectivity index (χ2v) is 4.84. The Morgan fingerprint density at radius 2 is 2.00 bits per heavy atom. The third kappa shape index (κ3) is 4.07. The molecule has 0 aliphatic carbocycles. The molecule has 0 aromatic rings. The summed E-state index contributed by atoms with van der Waals surface area (Å²) < 4.78 is 5.33. The minimum atomic E-state index is 0.196. The number of hydrogen-bond acceptors (Lipinski definition) is 3. The van der Waals surface area contributed by atoms with E-state index in [1.165, 1.54) is 0 Å². The average molecular weight is 186 g/mol. The van der Waals surface area contributed by atoms with Crippen molar-refractivity contribution in [2.24, 2.45) is 0 Å². The molecule has 2 atom stereocenters. The molecule has 3 heteroatoms. The Labute approximate surface area is 81.2 Å². The number of hydrogen-bond donors (Lipinski definition) is 2. The zero-order valence-corrected chi connectivity index (χ0v) is 9.18. The zero-order valence-electron chi connectivity index (χ0n) is 9.18. The maximum Gasteiger partial charge on any atom is 0.0711 e. The summed E-state index contributed by atoms with van der Waals surface area (Å²) in [6, 6.07) is 0.540. The first-order valence-electron chi connectivity index (χ1n) is 5.02. The molecule has 0 radical (unpaired) electrons. The lowest BCUT2D eigenvalue weighted by atomic mass is 10.0. The van der Waals surface area contributed by atoms with Gasteiger partial charge in [0.05, 0.1) is 6.10 Å². The number of rotatable bonds is 2. The van der Waals surface area contributed by atoms with Crippen molar-refractivity contribution in [3.63, 3.8) is 0 Å². The van der Waals surface area contributed by atoms with Crippen molar-refractivity contribution >= 4 is 0 Å². The average Bonchev–Trinajstić information content (AvgIpc) is 2.01. The molecule has 1 fully saturated rings. The van der Waals surface area contributed by atoms with Gasteiger partial charge < -0.3 is 15.4 Å². The quantitative estimate of drug-likeness (QED) is 0.668. The van der Waals surface area contributed by atoms with Gasteiger partial charge in [0.25, 0.3) is 0 Å². The van der Waals surface area contributed by atoms with Gasteiger partial charge in [-0.1, -0.05) is 0 Å². The molecule has 0 spiro atoms. The third-order valence-electron chi connectivity index (χ3n) is 2.28. The molecule has 78 valence electrons. The number of ether oxygens (including phenoxy) is 1. The van der Waals surface area contributed by atoms with Crippen LogP contribution in [0.3, 0.4) is 0 Å². The van der Waals surface area contributed by atoms with E-state index in [0.717, 1.165) is 19.5 Å². The molecular formula is C10H22N2O. The summed E-state index contributed by atoms with van der Waals surface area (Å²) in [5.74, 6) is 0. The highest BCUT2D eigenvalue weighted by Crippen LogP contribution is 2.10. The van der Waals surface area contributed by atoms with Gasteiger partial charge in [-0.25, -0.2) is 0 Å². The van der Waals surface area contributed by atoms with Crippen molar-refractivity contribution in [1.82, 2.24) is 10.6 Å². The van der Waals surface area contributed by atoms with E-state index in [4.69, 9.17) is 4.74 Å². The first-order valence-corrected chi connectivity index (χ1v) is 5.02. The molecule has 0 saturated carbocycles. The fourth-order valence-corrected chi connectivity index (χ4v) is 1.80. The molecule has 1 rings (SSSR count). The van der Waals surface area contributed by atoms with Gasteiger partial charge >= 0.3 is 0 Å². The molecule has 0 aromatic heterocycles. The van der Waals surface area contributed by atoms with Crippen LogP contribution in [-0.2, 0) is 4.74 Å². The highest BCUT2D eigenvalue weighted by molar-refractivity contribution is 4.85. The summed E-state index contributed by atoms with van der Waals surface area (Å²) in [7, 11) is 1.78. The van der Waals surface area contributed by atoms with Gasteiger partial charge in [-0.2, -0.15) is 0 Å². The van der Waals surface area contributed by atoms with Gasteiger partial charge in [-0.15, -0.1) is 0 Å². The summed E-state index contributed by atoms with van der Waals surface area (Å²) >= 11 is 0. The SMILES string of the molecule is CO[C@H]1CNC[C@H](NC(C)(C)C)C1. The lowest BCUT2D eigenvalue weighted by Crippen LogP contribution is -2.54. The van der Waals surface area contributed by atoms with E-state index >= 15 is 0 Å². The lowest BCUT2D eigenvalue weighted by Gasteiger charge is -2.34. The summed E-state index contributed by atoms with van der Waals surface area (Å²) in [5.41, 5.74) is 0.196. The standard InChI is InChI=1S/C10H22N2O/c1-10(2,3)12-8-5-9(13-4)7-11-6-8/h8-9,11-12H,5-7H2,1-4H3/t8-,9-/m1/s1. The first kappa shape index (κ1) is 11.0. The predicted octanol–water partition coefficient (Wildman–Crippen LogP) is 0.751. The fourth-order valence-electron chi connectivity index (χ4n) is 1.80. The fraction of sp³-hybridized carbons (Fsp3) is 1.00. The number of nitrogens with one attached hydrogen (secondary N) is 2. The minimum absolute atomic E-state index is 0.196. The number of piperidine rings is 1. The smallest absolute Gasteiger partial charge is 0.0711 e. The van der Waals surface area contributed by atoms with Crippen molar-refractivity contribution in [2.75, 3.05) is 20.2 Å².